The molecule has 2 amide bonds. The number of carbonyl (C=O) groups is 2. The summed E-state index contributed by atoms with van der Waals surface area (Å²) in [6.07, 6.45) is 1.47. The molecule has 8 heteroatoms. The first kappa shape index (κ1) is 21.9. The van der Waals surface area contributed by atoms with Crippen LogP contribution in [0.15, 0.2) is 66.9 Å². The number of rotatable bonds is 4. The van der Waals surface area contributed by atoms with Gasteiger partial charge in [-0.1, -0.05) is 30.0 Å². The normalized spacial score (nSPS) is 14.8. The fourth-order valence-electron chi connectivity index (χ4n) is 3.28. The van der Waals surface area contributed by atoms with Crippen molar-refractivity contribution in [2.24, 2.45) is 0 Å². The molecule has 2 aromatic carbocycles. The number of aliphatic hydroxyl groups excluding tert-OH is 1. The average molecular weight is 443 g/mol. The van der Waals surface area contributed by atoms with Gasteiger partial charge in [-0.05, 0) is 36.4 Å². The third-order valence-corrected chi connectivity index (χ3v) is 4.91. The number of aliphatic hydroxyl groups is 1. The van der Waals surface area contributed by atoms with Crippen LogP contribution in [0, 0.1) is 11.8 Å². The van der Waals surface area contributed by atoms with E-state index in [1.165, 1.54) is 17.2 Å². The number of pyridine rings is 1. The van der Waals surface area contributed by atoms with E-state index in [9.17, 15) is 9.59 Å². The van der Waals surface area contributed by atoms with Gasteiger partial charge in [0.2, 0.25) is 0 Å². The molecular formula is C25H21N3O5. The number of para-hydroxylation sites is 1. The Hall–Kier alpha value is -4.35. The Labute approximate surface area is 190 Å². The first-order chi connectivity index (χ1) is 16.0. The molecule has 8 nitrogen and oxygen atoms in total. The Morgan fingerprint density at radius 3 is 2.82 bits per heavy atom. The molecule has 0 spiro atoms. The minimum absolute atomic E-state index is 0.0379. The third-order valence-electron chi connectivity index (χ3n) is 4.91. The van der Waals surface area contributed by atoms with E-state index in [4.69, 9.17) is 14.6 Å². The van der Waals surface area contributed by atoms with Gasteiger partial charge in [-0.15, -0.1) is 0 Å². The van der Waals surface area contributed by atoms with E-state index >= 15 is 0 Å². The number of benzene rings is 2. The minimum atomic E-state index is -0.914. The number of hydrogen-bond acceptors (Lipinski definition) is 6. The molecule has 0 radical (unpaired) electrons. The molecule has 2 heterocycles. The van der Waals surface area contributed by atoms with Crippen molar-refractivity contribution in [1.82, 2.24) is 10.3 Å². The van der Waals surface area contributed by atoms with E-state index in [-0.39, 0.29) is 24.8 Å². The van der Waals surface area contributed by atoms with Gasteiger partial charge < -0.3 is 24.8 Å². The first-order valence-corrected chi connectivity index (χ1v) is 10.2. The summed E-state index contributed by atoms with van der Waals surface area (Å²) in [6, 6.07) is 16.6. The lowest BCUT2D eigenvalue weighted by atomic mass is 10.1. The van der Waals surface area contributed by atoms with Gasteiger partial charge in [0.1, 0.15) is 42.2 Å². The lowest BCUT2D eigenvalue weighted by Crippen LogP contribution is -2.49. The van der Waals surface area contributed by atoms with E-state index in [2.05, 4.69) is 22.1 Å². The topological polar surface area (TPSA) is 101 Å². The van der Waals surface area contributed by atoms with Crippen molar-refractivity contribution in [2.75, 3.05) is 25.2 Å². The van der Waals surface area contributed by atoms with E-state index in [0.29, 0.717) is 28.5 Å². The van der Waals surface area contributed by atoms with Crippen LogP contribution < -0.4 is 19.7 Å². The van der Waals surface area contributed by atoms with E-state index in [1.54, 1.807) is 43.4 Å². The summed E-state index contributed by atoms with van der Waals surface area (Å²) in [6.45, 7) is -0.300. The highest BCUT2D eigenvalue weighted by atomic mass is 16.5. The summed E-state index contributed by atoms with van der Waals surface area (Å²) in [5.74, 6) is 6.09. The average Bonchev–Trinajstić information content (AvgIpc) is 2.95. The van der Waals surface area contributed by atoms with Crippen molar-refractivity contribution in [3.8, 4) is 29.1 Å². The van der Waals surface area contributed by atoms with Gasteiger partial charge in [-0.2, -0.15) is 0 Å². The molecule has 1 aliphatic heterocycles. The predicted molar refractivity (Wildman–Crippen MR) is 121 cm³/mol. The Bertz CT molecular complexity index is 1230. The molecule has 0 unspecified atom stereocenters. The SMILES string of the molecule is CN1C(=O)[C@@H](NC(=O)c2cc(Oc3ccccc3)ccn2)COc2ccc(C#CCO)cc21. The van der Waals surface area contributed by atoms with Gasteiger partial charge in [0.25, 0.3) is 11.8 Å². The second kappa shape index (κ2) is 9.85. The van der Waals surface area contributed by atoms with Crippen molar-refractivity contribution in [3.05, 3.63) is 78.1 Å². The zero-order valence-corrected chi connectivity index (χ0v) is 17.8. The molecule has 2 N–H and O–H groups in total. The second-order valence-corrected chi connectivity index (χ2v) is 7.17. The zero-order chi connectivity index (χ0) is 23.2. The first-order valence-electron chi connectivity index (χ1n) is 10.2. The van der Waals surface area contributed by atoms with E-state index < -0.39 is 11.9 Å². The van der Waals surface area contributed by atoms with Crippen molar-refractivity contribution in [1.29, 1.82) is 0 Å². The van der Waals surface area contributed by atoms with Crippen LogP contribution in [-0.2, 0) is 4.79 Å². The molecule has 1 atom stereocenters. The number of nitrogens with zero attached hydrogens (tertiary/aromatic N) is 2. The summed E-state index contributed by atoms with van der Waals surface area (Å²) < 4.78 is 11.5. The third kappa shape index (κ3) is 5.11. The van der Waals surface area contributed by atoms with Crippen LogP contribution in [0.3, 0.4) is 0 Å². The Morgan fingerprint density at radius 2 is 2.03 bits per heavy atom. The van der Waals surface area contributed by atoms with Gasteiger partial charge in [-0.3, -0.25) is 14.6 Å². The van der Waals surface area contributed by atoms with Crippen molar-refractivity contribution in [3.63, 3.8) is 0 Å². The Kier molecular flexibility index (Phi) is 6.53. The quantitative estimate of drug-likeness (QED) is 0.601. The number of amides is 2. The standard InChI is InChI=1S/C25H21N3O5/c1-28-22-14-17(6-5-13-29)9-10-23(22)32-16-21(25(28)31)27-24(30)20-15-19(11-12-26-20)33-18-7-3-2-4-8-18/h2-4,7-12,14-15,21,29H,13,16H2,1H3,(H,27,30)/t21-/m0/s1. The largest absolute Gasteiger partial charge is 0.489 e. The maximum Gasteiger partial charge on any atom is 0.270 e. The van der Waals surface area contributed by atoms with Crippen molar-refractivity contribution < 1.29 is 24.2 Å². The van der Waals surface area contributed by atoms with Crippen molar-refractivity contribution >= 4 is 17.5 Å². The molecule has 3 aromatic rings. The Balaban J connectivity index is 1.48. The van der Waals surface area contributed by atoms with Crippen LogP contribution in [0.25, 0.3) is 0 Å². The maximum absolute atomic E-state index is 13.0. The number of likely N-dealkylation sites (N-methyl/N-ethyl adjacent to an activating group) is 1. The molecule has 166 valence electrons. The molecule has 1 aliphatic rings. The van der Waals surface area contributed by atoms with Crippen LogP contribution >= 0.6 is 0 Å². The smallest absolute Gasteiger partial charge is 0.270 e. The summed E-state index contributed by atoms with van der Waals surface area (Å²) in [5.41, 5.74) is 1.27. The van der Waals surface area contributed by atoms with Gasteiger partial charge in [0, 0.05) is 24.9 Å². The highest BCUT2D eigenvalue weighted by Gasteiger charge is 2.31. The summed E-state index contributed by atoms with van der Waals surface area (Å²) in [7, 11) is 1.60. The molecule has 0 saturated carbocycles. The Morgan fingerprint density at radius 1 is 1.21 bits per heavy atom. The second-order valence-electron chi connectivity index (χ2n) is 7.17. The molecule has 0 saturated heterocycles. The van der Waals surface area contributed by atoms with Crippen LogP contribution in [0.4, 0.5) is 5.69 Å². The van der Waals surface area contributed by atoms with Crippen LogP contribution in [0.2, 0.25) is 0 Å². The number of fused-ring (bicyclic) bond motifs is 1. The maximum atomic E-state index is 13.0. The van der Waals surface area contributed by atoms with Crippen LogP contribution in [0.1, 0.15) is 16.1 Å². The van der Waals surface area contributed by atoms with Crippen LogP contribution in [0.5, 0.6) is 17.2 Å². The van der Waals surface area contributed by atoms with Crippen molar-refractivity contribution in [2.45, 2.75) is 6.04 Å². The molecule has 33 heavy (non-hydrogen) atoms. The van der Waals surface area contributed by atoms with E-state index in [0.717, 1.165) is 0 Å². The van der Waals surface area contributed by atoms with Gasteiger partial charge in [0.05, 0.1) is 5.69 Å². The molecule has 1 aromatic heterocycles. The molecule has 4 rings (SSSR count). The summed E-state index contributed by atoms with van der Waals surface area (Å²) in [4.78, 5) is 31.4. The van der Waals surface area contributed by atoms with E-state index in [1.807, 2.05) is 18.2 Å². The minimum Gasteiger partial charge on any atom is -0.489 e. The molecule has 0 aliphatic carbocycles. The lowest BCUT2D eigenvalue weighted by Gasteiger charge is -2.20. The number of carbonyl (C=O) groups excluding carboxylic acids is 2. The highest BCUT2D eigenvalue weighted by Crippen LogP contribution is 2.31. The van der Waals surface area contributed by atoms with Gasteiger partial charge >= 0.3 is 0 Å². The number of anilines is 1. The fraction of sp³-hybridized carbons (Fsp3) is 0.160. The molecular weight excluding hydrogens is 422 g/mol. The van der Waals surface area contributed by atoms with Gasteiger partial charge in [-0.25, -0.2) is 0 Å². The zero-order valence-electron chi connectivity index (χ0n) is 17.8. The van der Waals surface area contributed by atoms with Gasteiger partial charge in [0.15, 0.2) is 0 Å². The fourth-order valence-corrected chi connectivity index (χ4v) is 3.28. The molecule has 0 fully saturated rings. The highest BCUT2D eigenvalue weighted by molar-refractivity contribution is 6.03. The number of hydrogen-bond donors (Lipinski definition) is 2. The molecule has 0 bridgehead atoms. The summed E-state index contributed by atoms with van der Waals surface area (Å²) >= 11 is 0. The predicted octanol–water partition coefficient (Wildman–Crippen LogP) is 2.37. The van der Waals surface area contributed by atoms with Crippen LogP contribution in [-0.4, -0.2) is 48.2 Å². The number of aromatic nitrogens is 1. The summed E-state index contributed by atoms with van der Waals surface area (Å²) in [5, 5.41) is 11.6. The lowest BCUT2D eigenvalue weighted by molar-refractivity contribution is -0.120. The number of ether oxygens (including phenoxy) is 2. The monoisotopic (exact) mass is 443 g/mol. The number of nitrogens with one attached hydrogen (secondary N) is 1.